The molecule has 1 heterocycles. The van der Waals surface area contributed by atoms with Gasteiger partial charge in [0, 0.05) is 0 Å². The lowest BCUT2D eigenvalue weighted by atomic mass is 10.0. The molecule has 0 radical (unpaired) electrons. The van der Waals surface area contributed by atoms with Crippen molar-refractivity contribution in [3.63, 3.8) is 0 Å². The summed E-state index contributed by atoms with van der Waals surface area (Å²) in [5.41, 5.74) is 1.23. The van der Waals surface area contributed by atoms with Gasteiger partial charge in [0.2, 0.25) is 0 Å². The second-order valence-electron chi connectivity index (χ2n) is 4.30. The van der Waals surface area contributed by atoms with E-state index < -0.39 is 0 Å². The van der Waals surface area contributed by atoms with Gasteiger partial charge in [-0.1, -0.05) is 13.0 Å². The molecule has 3 nitrogen and oxygen atoms in total. The predicted molar refractivity (Wildman–Crippen MR) is 79.5 cm³/mol. The van der Waals surface area contributed by atoms with Gasteiger partial charge >= 0.3 is 0 Å². The van der Waals surface area contributed by atoms with Crippen LogP contribution in [0.3, 0.4) is 0 Å². The van der Waals surface area contributed by atoms with Crippen molar-refractivity contribution >= 4 is 15.9 Å². The Labute approximate surface area is 122 Å². The lowest BCUT2D eigenvalue weighted by molar-refractivity contribution is 0.409. The summed E-state index contributed by atoms with van der Waals surface area (Å²) in [6.07, 6.45) is 2.59. The smallest absolute Gasteiger partial charge is 0.133 e. The standard InChI is InChI=1S/C15H18BrNO2/c1-3-17-13(15-5-4-8-19-15)10-11-6-7-14(18-2)12(16)9-11/h4-9,13,17H,3,10H2,1-2H3. The third-order valence-electron chi connectivity index (χ3n) is 2.99. The third-order valence-corrected chi connectivity index (χ3v) is 3.61. The van der Waals surface area contributed by atoms with Crippen LogP contribution in [-0.4, -0.2) is 13.7 Å². The van der Waals surface area contributed by atoms with Gasteiger partial charge in [0.05, 0.1) is 23.9 Å². The van der Waals surface area contributed by atoms with E-state index >= 15 is 0 Å². The first-order valence-corrected chi connectivity index (χ1v) is 7.13. The Hall–Kier alpha value is -1.26. The molecule has 1 atom stereocenters. The molecule has 0 aliphatic heterocycles. The fraction of sp³-hybridized carbons (Fsp3) is 0.333. The highest BCUT2D eigenvalue weighted by atomic mass is 79.9. The minimum Gasteiger partial charge on any atom is -0.496 e. The quantitative estimate of drug-likeness (QED) is 0.874. The summed E-state index contributed by atoms with van der Waals surface area (Å²) < 4.78 is 11.7. The van der Waals surface area contributed by atoms with E-state index in [0.717, 1.165) is 28.9 Å². The van der Waals surface area contributed by atoms with Crippen LogP contribution in [0.25, 0.3) is 0 Å². The van der Waals surface area contributed by atoms with Crippen molar-refractivity contribution in [3.8, 4) is 5.75 Å². The number of halogens is 1. The topological polar surface area (TPSA) is 34.4 Å². The van der Waals surface area contributed by atoms with Gasteiger partial charge in [-0.15, -0.1) is 0 Å². The van der Waals surface area contributed by atoms with E-state index in [-0.39, 0.29) is 6.04 Å². The number of hydrogen-bond donors (Lipinski definition) is 1. The van der Waals surface area contributed by atoms with Crippen LogP contribution in [0.2, 0.25) is 0 Å². The van der Waals surface area contributed by atoms with Crippen molar-refractivity contribution in [2.45, 2.75) is 19.4 Å². The predicted octanol–water partition coefficient (Wildman–Crippen LogP) is 3.94. The van der Waals surface area contributed by atoms with E-state index in [4.69, 9.17) is 9.15 Å². The number of nitrogens with one attached hydrogen (secondary N) is 1. The maximum atomic E-state index is 5.50. The van der Waals surface area contributed by atoms with E-state index in [2.05, 4.69) is 40.3 Å². The molecular weight excluding hydrogens is 306 g/mol. The fourth-order valence-corrected chi connectivity index (χ4v) is 2.67. The molecule has 1 aromatic heterocycles. The second kappa shape index (κ2) is 6.78. The summed E-state index contributed by atoms with van der Waals surface area (Å²) >= 11 is 3.52. The monoisotopic (exact) mass is 323 g/mol. The van der Waals surface area contributed by atoms with Crippen molar-refractivity contribution < 1.29 is 9.15 Å². The molecule has 0 amide bonds. The Morgan fingerprint density at radius 3 is 2.79 bits per heavy atom. The number of ether oxygens (including phenoxy) is 1. The van der Waals surface area contributed by atoms with E-state index in [1.54, 1.807) is 13.4 Å². The first kappa shape index (κ1) is 14.2. The molecular formula is C15H18BrNO2. The molecule has 1 N–H and O–H groups in total. The number of methoxy groups -OCH3 is 1. The third kappa shape index (κ3) is 3.61. The van der Waals surface area contributed by atoms with Gasteiger partial charge in [-0.05, 0) is 58.7 Å². The Balaban J connectivity index is 2.15. The van der Waals surface area contributed by atoms with E-state index in [9.17, 15) is 0 Å². The van der Waals surface area contributed by atoms with Crippen LogP contribution in [-0.2, 0) is 6.42 Å². The van der Waals surface area contributed by atoms with Crippen molar-refractivity contribution in [2.75, 3.05) is 13.7 Å². The number of benzene rings is 1. The van der Waals surface area contributed by atoms with Gasteiger partial charge in [0.1, 0.15) is 11.5 Å². The van der Waals surface area contributed by atoms with E-state index in [0.29, 0.717) is 0 Å². The maximum absolute atomic E-state index is 5.50. The van der Waals surface area contributed by atoms with Gasteiger partial charge in [0.25, 0.3) is 0 Å². The lowest BCUT2D eigenvalue weighted by Gasteiger charge is -2.16. The molecule has 0 aliphatic rings. The molecule has 2 aromatic rings. The SMILES string of the molecule is CCNC(Cc1ccc(OC)c(Br)c1)c1ccco1. The number of rotatable bonds is 6. The van der Waals surface area contributed by atoms with Crippen molar-refractivity contribution in [2.24, 2.45) is 0 Å². The lowest BCUT2D eigenvalue weighted by Crippen LogP contribution is -2.22. The van der Waals surface area contributed by atoms with Gasteiger partial charge < -0.3 is 14.5 Å². The first-order chi connectivity index (χ1) is 9.24. The molecule has 1 unspecified atom stereocenters. The highest BCUT2D eigenvalue weighted by Gasteiger charge is 2.14. The van der Waals surface area contributed by atoms with Crippen LogP contribution in [0.4, 0.5) is 0 Å². The molecule has 0 saturated carbocycles. The number of hydrogen-bond acceptors (Lipinski definition) is 3. The second-order valence-corrected chi connectivity index (χ2v) is 5.15. The zero-order valence-corrected chi connectivity index (χ0v) is 12.7. The highest BCUT2D eigenvalue weighted by Crippen LogP contribution is 2.28. The Kier molecular flexibility index (Phi) is 5.05. The molecule has 4 heteroatoms. The summed E-state index contributed by atoms with van der Waals surface area (Å²) in [6.45, 7) is 3.00. The summed E-state index contributed by atoms with van der Waals surface area (Å²) in [5.74, 6) is 1.82. The largest absolute Gasteiger partial charge is 0.496 e. The zero-order valence-electron chi connectivity index (χ0n) is 11.2. The van der Waals surface area contributed by atoms with E-state index in [1.165, 1.54) is 5.56 Å². The molecule has 0 fully saturated rings. The van der Waals surface area contributed by atoms with Crippen LogP contribution < -0.4 is 10.1 Å². The number of furan rings is 1. The molecule has 19 heavy (non-hydrogen) atoms. The van der Waals surface area contributed by atoms with Gasteiger partial charge in [0.15, 0.2) is 0 Å². The molecule has 1 aromatic carbocycles. The van der Waals surface area contributed by atoms with Crippen LogP contribution in [0.15, 0.2) is 45.5 Å². The highest BCUT2D eigenvalue weighted by molar-refractivity contribution is 9.10. The Morgan fingerprint density at radius 2 is 2.21 bits per heavy atom. The normalized spacial score (nSPS) is 12.4. The molecule has 102 valence electrons. The summed E-state index contributed by atoms with van der Waals surface area (Å²) in [5, 5.41) is 3.44. The fourth-order valence-electron chi connectivity index (χ4n) is 2.08. The molecule has 0 bridgehead atoms. The van der Waals surface area contributed by atoms with Crippen molar-refractivity contribution in [1.82, 2.24) is 5.32 Å². The van der Waals surface area contributed by atoms with E-state index in [1.807, 2.05) is 18.2 Å². The van der Waals surface area contributed by atoms with Crippen molar-refractivity contribution in [1.29, 1.82) is 0 Å². The van der Waals surface area contributed by atoms with Gasteiger partial charge in [-0.3, -0.25) is 0 Å². The summed E-state index contributed by atoms with van der Waals surface area (Å²) in [4.78, 5) is 0. The average molecular weight is 324 g/mol. The van der Waals surface area contributed by atoms with Gasteiger partial charge in [-0.25, -0.2) is 0 Å². The average Bonchev–Trinajstić information content (AvgIpc) is 2.92. The minimum atomic E-state index is 0.195. The summed E-state index contributed by atoms with van der Waals surface area (Å²) in [7, 11) is 1.67. The summed E-state index contributed by atoms with van der Waals surface area (Å²) in [6, 6.07) is 10.3. The van der Waals surface area contributed by atoms with Crippen LogP contribution in [0, 0.1) is 0 Å². The van der Waals surface area contributed by atoms with Crippen LogP contribution in [0.1, 0.15) is 24.3 Å². The Bertz CT molecular complexity index is 511. The maximum Gasteiger partial charge on any atom is 0.133 e. The molecule has 0 aliphatic carbocycles. The number of likely N-dealkylation sites (N-methyl/N-ethyl adjacent to an activating group) is 1. The minimum absolute atomic E-state index is 0.195. The molecule has 2 rings (SSSR count). The van der Waals surface area contributed by atoms with Crippen molar-refractivity contribution in [3.05, 3.63) is 52.4 Å². The van der Waals surface area contributed by atoms with Crippen LogP contribution >= 0.6 is 15.9 Å². The molecule has 0 spiro atoms. The zero-order chi connectivity index (χ0) is 13.7. The molecule has 0 saturated heterocycles. The van der Waals surface area contributed by atoms with Gasteiger partial charge in [-0.2, -0.15) is 0 Å². The van der Waals surface area contributed by atoms with Crippen LogP contribution in [0.5, 0.6) is 5.75 Å². The first-order valence-electron chi connectivity index (χ1n) is 6.33. The Morgan fingerprint density at radius 1 is 1.37 bits per heavy atom.